The van der Waals surface area contributed by atoms with Gasteiger partial charge in [-0.25, -0.2) is 0 Å². The molecular weight excluding hydrogens is 164 g/mol. The summed E-state index contributed by atoms with van der Waals surface area (Å²) < 4.78 is 0. The number of carbonyl (C=O) groups excluding carboxylic acids is 2. The molecule has 0 aliphatic heterocycles. The smallest absolute Gasteiger partial charge is 0.152 e. The fourth-order valence-electron chi connectivity index (χ4n) is 0.938. The molecule has 0 heterocycles. The number of hydrogen-bond acceptors (Lipinski definition) is 2. The average Bonchev–Trinajstić information content (AvgIpc) is 2.14. The van der Waals surface area contributed by atoms with E-state index in [2.05, 4.69) is 6.92 Å². The molecule has 0 N–H and O–H groups in total. The third-order valence-corrected chi connectivity index (χ3v) is 1.58. The molecule has 0 amide bonds. The van der Waals surface area contributed by atoms with E-state index in [0.717, 1.165) is 6.42 Å². The van der Waals surface area contributed by atoms with E-state index < -0.39 is 0 Å². The molecule has 76 valence electrons. The third-order valence-electron chi connectivity index (χ3n) is 1.58. The Morgan fingerprint density at radius 1 is 1.23 bits per heavy atom. The standard InChI is InChI=1S/C10H18O.CH2O/c1-3-4-5-6-7-8-9-10(2)11;1-2/h8-9H,3-7H2,1-2H3;1H2. The Morgan fingerprint density at radius 3 is 2.31 bits per heavy atom. The second kappa shape index (κ2) is 13.7. The monoisotopic (exact) mass is 184 g/mol. The number of allylic oxidation sites excluding steroid dienone is 2. The van der Waals surface area contributed by atoms with Gasteiger partial charge >= 0.3 is 0 Å². The largest absolute Gasteiger partial charge is 0.307 e. The number of carbonyl (C=O) groups is 2. The number of hydrogen-bond donors (Lipinski definition) is 0. The van der Waals surface area contributed by atoms with E-state index in [1.807, 2.05) is 12.9 Å². The van der Waals surface area contributed by atoms with Gasteiger partial charge in [-0.2, -0.15) is 0 Å². The van der Waals surface area contributed by atoms with Crippen molar-refractivity contribution in [2.45, 2.75) is 46.0 Å². The van der Waals surface area contributed by atoms with Crippen LogP contribution in [0, 0.1) is 0 Å². The van der Waals surface area contributed by atoms with Crippen LogP contribution >= 0.6 is 0 Å². The Hall–Kier alpha value is -0.920. The predicted octanol–water partition coefficient (Wildman–Crippen LogP) is 2.92. The summed E-state index contributed by atoms with van der Waals surface area (Å²) in [5.41, 5.74) is 0. The fourth-order valence-corrected chi connectivity index (χ4v) is 0.938. The lowest BCUT2D eigenvalue weighted by atomic mass is 10.1. The summed E-state index contributed by atoms with van der Waals surface area (Å²) >= 11 is 0. The van der Waals surface area contributed by atoms with Crippen LogP contribution in [0.2, 0.25) is 0 Å². The van der Waals surface area contributed by atoms with Gasteiger partial charge in [0.05, 0.1) is 0 Å². The summed E-state index contributed by atoms with van der Waals surface area (Å²) in [6.07, 6.45) is 9.78. The zero-order valence-electron chi connectivity index (χ0n) is 8.71. The molecule has 0 radical (unpaired) electrons. The molecule has 0 atom stereocenters. The Labute approximate surface area is 81.0 Å². The van der Waals surface area contributed by atoms with E-state index in [0.29, 0.717) is 0 Å². The highest BCUT2D eigenvalue weighted by Crippen LogP contribution is 2.02. The van der Waals surface area contributed by atoms with Gasteiger partial charge in [0.1, 0.15) is 6.79 Å². The van der Waals surface area contributed by atoms with Gasteiger partial charge in [-0.05, 0) is 25.8 Å². The van der Waals surface area contributed by atoms with Gasteiger partial charge in [-0.15, -0.1) is 0 Å². The first-order valence-corrected chi connectivity index (χ1v) is 4.73. The highest BCUT2D eigenvalue weighted by Gasteiger charge is 1.85. The molecule has 2 nitrogen and oxygen atoms in total. The summed E-state index contributed by atoms with van der Waals surface area (Å²) in [6, 6.07) is 0. The second-order valence-corrected chi connectivity index (χ2v) is 2.86. The summed E-state index contributed by atoms with van der Waals surface area (Å²) in [7, 11) is 0. The molecule has 0 saturated heterocycles. The molecule has 2 heteroatoms. The van der Waals surface area contributed by atoms with Crippen LogP contribution in [0.5, 0.6) is 0 Å². The van der Waals surface area contributed by atoms with Gasteiger partial charge in [0, 0.05) is 0 Å². The number of rotatable bonds is 6. The molecule has 0 aliphatic carbocycles. The van der Waals surface area contributed by atoms with Crippen molar-refractivity contribution in [3.05, 3.63) is 12.2 Å². The van der Waals surface area contributed by atoms with Gasteiger partial charge < -0.3 is 4.79 Å². The van der Waals surface area contributed by atoms with E-state index in [-0.39, 0.29) is 5.78 Å². The highest BCUT2D eigenvalue weighted by molar-refractivity contribution is 5.87. The van der Waals surface area contributed by atoms with Crippen LogP contribution in [0.4, 0.5) is 0 Å². The highest BCUT2D eigenvalue weighted by atomic mass is 16.1. The Bertz CT molecular complexity index is 139. The van der Waals surface area contributed by atoms with Crippen LogP contribution < -0.4 is 0 Å². The maximum absolute atomic E-state index is 10.4. The zero-order chi connectivity index (χ0) is 10.5. The van der Waals surface area contributed by atoms with Gasteiger partial charge in [-0.1, -0.05) is 32.3 Å². The van der Waals surface area contributed by atoms with Gasteiger partial charge in [0.15, 0.2) is 5.78 Å². The van der Waals surface area contributed by atoms with Crippen LogP contribution in [0.25, 0.3) is 0 Å². The fraction of sp³-hybridized carbons (Fsp3) is 0.636. The predicted molar refractivity (Wildman–Crippen MR) is 55.7 cm³/mol. The normalized spacial score (nSPS) is 9.38. The summed E-state index contributed by atoms with van der Waals surface area (Å²) in [4.78, 5) is 18.4. The first kappa shape index (κ1) is 14.6. The van der Waals surface area contributed by atoms with E-state index in [9.17, 15) is 4.79 Å². The Balaban J connectivity index is 0. The lowest BCUT2D eigenvalue weighted by Crippen LogP contribution is -1.80. The molecule has 0 aromatic rings. The number of ketones is 1. The van der Waals surface area contributed by atoms with Crippen molar-refractivity contribution in [2.24, 2.45) is 0 Å². The first-order chi connectivity index (χ1) is 6.27. The quantitative estimate of drug-likeness (QED) is 0.470. The average molecular weight is 184 g/mol. The van der Waals surface area contributed by atoms with E-state index in [1.54, 1.807) is 13.0 Å². The van der Waals surface area contributed by atoms with Gasteiger partial charge in [-0.3, -0.25) is 4.79 Å². The van der Waals surface area contributed by atoms with Crippen molar-refractivity contribution in [1.29, 1.82) is 0 Å². The minimum Gasteiger partial charge on any atom is -0.307 e. The molecule has 0 aromatic carbocycles. The molecule has 0 saturated carbocycles. The SMILES string of the molecule is C=O.CCCCCCC=CC(C)=O. The Morgan fingerprint density at radius 2 is 1.85 bits per heavy atom. The summed E-state index contributed by atoms with van der Waals surface area (Å²) in [5, 5.41) is 0. The van der Waals surface area contributed by atoms with Crippen LogP contribution in [-0.4, -0.2) is 12.6 Å². The first-order valence-electron chi connectivity index (χ1n) is 4.73. The number of unbranched alkanes of at least 4 members (excludes halogenated alkanes) is 4. The van der Waals surface area contributed by atoms with Crippen molar-refractivity contribution in [2.75, 3.05) is 0 Å². The minimum absolute atomic E-state index is 0.153. The molecule has 13 heavy (non-hydrogen) atoms. The van der Waals surface area contributed by atoms with E-state index in [1.165, 1.54) is 25.7 Å². The molecule has 0 aliphatic rings. The van der Waals surface area contributed by atoms with Gasteiger partial charge in [0.2, 0.25) is 0 Å². The molecule has 0 spiro atoms. The topological polar surface area (TPSA) is 34.1 Å². The summed E-state index contributed by atoms with van der Waals surface area (Å²) in [6.45, 7) is 5.79. The van der Waals surface area contributed by atoms with Crippen LogP contribution in [0.15, 0.2) is 12.2 Å². The van der Waals surface area contributed by atoms with Crippen molar-refractivity contribution in [1.82, 2.24) is 0 Å². The molecular formula is C11H20O2. The Kier molecular flexibility index (Phi) is 15.3. The van der Waals surface area contributed by atoms with Crippen LogP contribution in [0.1, 0.15) is 46.0 Å². The maximum atomic E-state index is 10.4. The maximum Gasteiger partial charge on any atom is 0.152 e. The molecule has 0 aromatic heterocycles. The van der Waals surface area contributed by atoms with Crippen LogP contribution in [0.3, 0.4) is 0 Å². The molecule has 0 rings (SSSR count). The summed E-state index contributed by atoms with van der Waals surface area (Å²) in [5.74, 6) is 0.153. The minimum atomic E-state index is 0.153. The van der Waals surface area contributed by atoms with Crippen LogP contribution in [-0.2, 0) is 9.59 Å². The lowest BCUT2D eigenvalue weighted by molar-refractivity contribution is -0.112. The molecule has 0 unspecified atom stereocenters. The van der Waals surface area contributed by atoms with Crippen molar-refractivity contribution in [3.63, 3.8) is 0 Å². The molecule has 0 bridgehead atoms. The zero-order valence-corrected chi connectivity index (χ0v) is 8.71. The van der Waals surface area contributed by atoms with E-state index in [4.69, 9.17) is 4.79 Å². The van der Waals surface area contributed by atoms with Gasteiger partial charge in [0.25, 0.3) is 0 Å². The van der Waals surface area contributed by atoms with E-state index >= 15 is 0 Å². The molecule has 0 fully saturated rings. The second-order valence-electron chi connectivity index (χ2n) is 2.86. The van der Waals surface area contributed by atoms with Crippen molar-refractivity contribution in [3.8, 4) is 0 Å². The van der Waals surface area contributed by atoms with Crippen molar-refractivity contribution < 1.29 is 9.59 Å². The third kappa shape index (κ3) is 18.2. The van der Waals surface area contributed by atoms with Crippen molar-refractivity contribution >= 4 is 12.6 Å². The lowest BCUT2D eigenvalue weighted by Gasteiger charge is -1.92.